The Hall–Kier alpha value is -3.02. The highest BCUT2D eigenvalue weighted by Gasteiger charge is 2.23. The standard InChI is InChI=1S/C21H26N4O2/c1-14(23-20(26)13-8-16-4-2-3-5-19(16)22)15-6-9-17(10-7-15)24-21(27)25-18-11-12-18/h2-7,9-10,14,18H,8,11-13,22H2,1H3,(H,23,26)(H2,24,25,27). The van der Waals surface area contributed by atoms with Crippen molar-refractivity contribution >= 4 is 23.3 Å². The van der Waals surface area contributed by atoms with Gasteiger partial charge in [0, 0.05) is 23.8 Å². The summed E-state index contributed by atoms with van der Waals surface area (Å²) >= 11 is 0. The number of nitrogen functional groups attached to an aromatic ring is 1. The highest BCUT2D eigenvalue weighted by Crippen LogP contribution is 2.20. The summed E-state index contributed by atoms with van der Waals surface area (Å²) in [5.41, 5.74) is 9.33. The monoisotopic (exact) mass is 366 g/mol. The van der Waals surface area contributed by atoms with Crippen LogP contribution in [0, 0.1) is 0 Å². The molecular weight excluding hydrogens is 340 g/mol. The number of urea groups is 1. The molecule has 0 aliphatic heterocycles. The van der Waals surface area contributed by atoms with E-state index in [0.717, 1.165) is 29.7 Å². The molecule has 142 valence electrons. The molecule has 1 fully saturated rings. The van der Waals surface area contributed by atoms with Gasteiger partial charge in [-0.2, -0.15) is 0 Å². The van der Waals surface area contributed by atoms with Crippen LogP contribution >= 0.6 is 0 Å². The van der Waals surface area contributed by atoms with E-state index in [-0.39, 0.29) is 18.0 Å². The molecule has 1 unspecified atom stereocenters. The third-order valence-electron chi connectivity index (χ3n) is 4.64. The van der Waals surface area contributed by atoms with Gasteiger partial charge in [-0.25, -0.2) is 4.79 Å². The number of nitrogens with one attached hydrogen (secondary N) is 3. The average molecular weight is 366 g/mol. The number of carbonyl (C=O) groups is 2. The number of hydrogen-bond acceptors (Lipinski definition) is 3. The molecule has 1 aliphatic rings. The summed E-state index contributed by atoms with van der Waals surface area (Å²) in [6.45, 7) is 1.94. The topological polar surface area (TPSA) is 96.2 Å². The van der Waals surface area contributed by atoms with Gasteiger partial charge in [0.1, 0.15) is 0 Å². The molecule has 0 bridgehead atoms. The lowest BCUT2D eigenvalue weighted by molar-refractivity contribution is -0.121. The van der Waals surface area contributed by atoms with E-state index < -0.39 is 0 Å². The minimum atomic E-state index is -0.174. The first-order valence-electron chi connectivity index (χ1n) is 9.31. The van der Waals surface area contributed by atoms with E-state index in [2.05, 4.69) is 16.0 Å². The van der Waals surface area contributed by atoms with E-state index in [1.165, 1.54) is 0 Å². The van der Waals surface area contributed by atoms with Gasteiger partial charge in [-0.05, 0) is 55.5 Å². The highest BCUT2D eigenvalue weighted by molar-refractivity contribution is 5.89. The molecule has 0 radical (unpaired) electrons. The molecule has 0 saturated heterocycles. The summed E-state index contributed by atoms with van der Waals surface area (Å²) in [5.74, 6) is -0.0169. The van der Waals surface area contributed by atoms with Crippen LogP contribution in [0.15, 0.2) is 48.5 Å². The molecule has 27 heavy (non-hydrogen) atoms. The summed E-state index contributed by atoms with van der Waals surface area (Å²) in [6, 6.07) is 15.1. The second kappa shape index (κ2) is 8.58. The SMILES string of the molecule is CC(NC(=O)CCc1ccccc1N)c1ccc(NC(=O)NC2CC2)cc1. The zero-order valence-corrected chi connectivity index (χ0v) is 15.5. The molecule has 6 heteroatoms. The van der Waals surface area contributed by atoms with Crippen LogP contribution in [-0.4, -0.2) is 18.0 Å². The van der Waals surface area contributed by atoms with Crippen molar-refractivity contribution < 1.29 is 9.59 Å². The third kappa shape index (κ3) is 5.74. The van der Waals surface area contributed by atoms with Gasteiger partial charge in [0.25, 0.3) is 0 Å². The van der Waals surface area contributed by atoms with Gasteiger partial charge >= 0.3 is 6.03 Å². The number of hydrogen-bond donors (Lipinski definition) is 4. The molecule has 1 saturated carbocycles. The fourth-order valence-corrected chi connectivity index (χ4v) is 2.84. The number of nitrogens with two attached hydrogens (primary N) is 1. The van der Waals surface area contributed by atoms with E-state index in [1.807, 2.05) is 55.5 Å². The number of benzene rings is 2. The third-order valence-corrected chi connectivity index (χ3v) is 4.64. The van der Waals surface area contributed by atoms with Gasteiger partial charge in [0.15, 0.2) is 0 Å². The number of amides is 3. The largest absolute Gasteiger partial charge is 0.399 e. The van der Waals surface area contributed by atoms with E-state index in [1.54, 1.807) is 0 Å². The van der Waals surface area contributed by atoms with Crippen LogP contribution in [0.1, 0.15) is 43.4 Å². The van der Waals surface area contributed by atoms with E-state index in [4.69, 9.17) is 5.73 Å². The van der Waals surface area contributed by atoms with Crippen LogP contribution in [0.2, 0.25) is 0 Å². The minimum absolute atomic E-state index is 0.0169. The van der Waals surface area contributed by atoms with Gasteiger partial charge in [0.05, 0.1) is 6.04 Å². The Balaban J connectivity index is 1.46. The molecule has 2 aromatic carbocycles. The maximum absolute atomic E-state index is 12.2. The van der Waals surface area contributed by atoms with Crippen LogP contribution in [0.25, 0.3) is 0 Å². The molecular formula is C21H26N4O2. The Morgan fingerprint density at radius 2 is 1.81 bits per heavy atom. The zero-order chi connectivity index (χ0) is 19.2. The Kier molecular flexibility index (Phi) is 5.96. The average Bonchev–Trinajstić information content (AvgIpc) is 3.45. The highest BCUT2D eigenvalue weighted by atomic mass is 16.2. The van der Waals surface area contributed by atoms with Crippen molar-refractivity contribution in [2.75, 3.05) is 11.1 Å². The molecule has 0 spiro atoms. The van der Waals surface area contributed by atoms with Gasteiger partial charge in [-0.3, -0.25) is 4.79 Å². The number of para-hydroxylation sites is 1. The van der Waals surface area contributed by atoms with E-state index in [9.17, 15) is 9.59 Å². The minimum Gasteiger partial charge on any atom is -0.399 e. The molecule has 5 N–H and O–H groups in total. The number of anilines is 2. The van der Waals surface area contributed by atoms with Gasteiger partial charge in [-0.15, -0.1) is 0 Å². The van der Waals surface area contributed by atoms with Crippen molar-refractivity contribution in [1.29, 1.82) is 0 Å². The van der Waals surface area contributed by atoms with Crippen molar-refractivity contribution in [1.82, 2.24) is 10.6 Å². The summed E-state index contributed by atoms with van der Waals surface area (Å²) in [7, 11) is 0. The first kappa shape index (κ1) is 18.8. The molecule has 0 aromatic heterocycles. The summed E-state index contributed by atoms with van der Waals surface area (Å²) in [5, 5.41) is 8.70. The van der Waals surface area contributed by atoms with Gasteiger partial charge < -0.3 is 21.7 Å². The Morgan fingerprint density at radius 3 is 2.48 bits per heavy atom. The predicted octanol–water partition coefficient (Wildman–Crippen LogP) is 3.36. The second-order valence-electron chi connectivity index (χ2n) is 6.98. The van der Waals surface area contributed by atoms with Crippen molar-refractivity contribution in [3.63, 3.8) is 0 Å². The van der Waals surface area contributed by atoms with Crippen LogP contribution < -0.4 is 21.7 Å². The van der Waals surface area contributed by atoms with E-state index in [0.29, 0.717) is 24.6 Å². The molecule has 3 amide bonds. The smallest absolute Gasteiger partial charge is 0.319 e. The molecule has 3 rings (SSSR count). The predicted molar refractivity (Wildman–Crippen MR) is 107 cm³/mol. The molecule has 1 aliphatic carbocycles. The van der Waals surface area contributed by atoms with Crippen LogP contribution in [-0.2, 0) is 11.2 Å². The van der Waals surface area contributed by atoms with Crippen molar-refractivity contribution in [3.05, 3.63) is 59.7 Å². The Morgan fingerprint density at radius 1 is 1.11 bits per heavy atom. The fraction of sp³-hybridized carbons (Fsp3) is 0.333. The van der Waals surface area contributed by atoms with Crippen LogP contribution in [0.4, 0.5) is 16.2 Å². The maximum atomic E-state index is 12.2. The number of rotatable bonds is 7. The van der Waals surface area contributed by atoms with Crippen molar-refractivity contribution in [2.24, 2.45) is 0 Å². The lowest BCUT2D eigenvalue weighted by atomic mass is 10.1. The number of aryl methyl sites for hydroxylation is 1. The lowest BCUT2D eigenvalue weighted by Crippen LogP contribution is -2.30. The van der Waals surface area contributed by atoms with Crippen LogP contribution in [0.5, 0.6) is 0 Å². The quantitative estimate of drug-likeness (QED) is 0.566. The van der Waals surface area contributed by atoms with Crippen LogP contribution in [0.3, 0.4) is 0 Å². The molecule has 1 atom stereocenters. The second-order valence-corrected chi connectivity index (χ2v) is 6.98. The van der Waals surface area contributed by atoms with Crippen molar-refractivity contribution in [2.45, 2.75) is 44.7 Å². The first-order valence-corrected chi connectivity index (χ1v) is 9.31. The van der Waals surface area contributed by atoms with Gasteiger partial charge in [-0.1, -0.05) is 30.3 Å². The summed E-state index contributed by atoms with van der Waals surface area (Å²) in [4.78, 5) is 24.0. The van der Waals surface area contributed by atoms with Crippen molar-refractivity contribution in [3.8, 4) is 0 Å². The molecule has 6 nitrogen and oxygen atoms in total. The lowest BCUT2D eigenvalue weighted by Gasteiger charge is -2.15. The number of carbonyl (C=O) groups excluding carboxylic acids is 2. The van der Waals surface area contributed by atoms with E-state index >= 15 is 0 Å². The van der Waals surface area contributed by atoms with Gasteiger partial charge in [0.2, 0.25) is 5.91 Å². The maximum Gasteiger partial charge on any atom is 0.319 e. The fourth-order valence-electron chi connectivity index (χ4n) is 2.84. The normalized spacial score (nSPS) is 14.3. The Labute approximate surface area is 159 Å². The summed E-state index contributed by atoms with van der Waals surface area (Å²) in [6.07, 6.45) is 3.12. The first-order chi connectivity index (χ1) is 13.0. The zero-order valence-electron chi connectivity index (χ0n) is 15.5. The Bertz CT molecular complexity index is 800. The molecule has 0 heterocycles. The molecule has 2 aromatic rings. The summed E-state index contributed by atoms with van der Waals surface area (Å²) < 4.78 is 0.